The molecule has 136 valence electrons. The summed E-state index contributed by atoms with van der Waals surface area (Å²) in [6, 6.07) is 11.0. The van der Waals surface area contributed by atoms with E-state index in [1.807, 2.05) is 12.4 Å². The van der Waals surface area contributed by atoms with Gasteiger partial charge >= 0.3 is 0 Å². The average Bonchev–Trinajstić information content (AvgIpc) is 3.17. The summed E-state index contributed by atoms with van der Waals surface area (Å²) in [5.74, 6) is 1.15. The number of hydrogen-bond acceptors (Lipinski definition) is 2. The van der Waals surface area contributed by atoms with Crippen molar-refractivity contribution in [1.82, 2.24) is 0 Å². The first-order valence-corrected chi connectivity index (χ1v) is 10.3. The number of nitrogens with zero attached hydrogens (tertiary/aromatic N) is 2. The predicted octanol–water partition coefficient (Wildman–Crippen LogP) is 6.66. The minimum absolute atomic E-state index is 0.503. The first kappa shape index (κ1) is 19.8. The molecule has 2 atom stereocenters. The molecule has 0 spiro atoms. The highest BCUT2D eigenvalue weighted by atomic mass is 15.0. The minimum Gasteiger partial charge on any atom is -0.0965 e. The van der Waals surface area contributed by atoms with Gasteiger partial charge in [0.05, 0.1) is 5.92 Å². The van der Waals surface area contributed by atoms with Crippen molar-refractivity contribution in [3.8, 4) is 0 Å². The van der Waals surface area contributed by atoms with E-state index >= 15 is 0 Å². The zero-order valence-corrected chi connectivity index (χ0v) is 16.2. The quantitative estimate of drug-likeness (QED) is 0.284. The molecule has 2 nitrogen and oxygen atoms in total. The van der Waals surface area contributed by atoms with E-state index in [0.29, 0.717) is 11.8 Å². The van der Waals surface area contributed by atoms with E-state index in [1.54, 1.807) is 0 Å². The summed E-state index contributed by atoms with van der Waals surface area (Å²) in [6.07, 6.45) is 17.7. The van der Waals surface area contributed by atoms with Crippen LogP contribution in [0.5, 0.6) is 0 Å². The maximum atomic E-state index is 4.59. The monoisotopic (exact) mass is 339 g/mol. The Labute approximate surface area is 154 Å². The van der Waals surface area contributed by atoms with Gasteiger partial charge in [0.15, 0.2) is 12.4 Å². The van der Waals surface area contributed by atoms with Crippen molar-refractivity contribution < 1.29 is 0 Å². The zero-order valence-electron chi connectivity index (χ0n) is 16.2. The summed E-state index contributed by atoms with van der Waals surface area (Å²) in [5, 5.41) is 0. The van der Waals surface area contributed by atoms with Crippen LogP contribution >= 0.6 is 0 Å². The Bertz CT molecular complexity index is 494. The Hall–Kier alpha value is -1.57. The fourth-order valence-electron chi connectivity index (χ4n) is 3.83. The largest absolute Gasteiger partial charge is 0.244 e. The van der Waals surface area contributed by atoms with Crippen molar-refractivity contribution in [2.24, 2.45) is 21.8 Å². The lowest BCUT2D eigenvalue weighted by Crippen LogP contribution is -2.22. The Morgan fingerprint density at radius 1 is 0.800 bits per heavy atom. The normalized spacial score (nSPS) is 15.7. The summed E-state index contributed by atoms with van der Waals surface area (Å²) in [6.45, 7) is 4.56. The van der Waals surface area contributed by atoms with Gasteiger partial charge in [0.25, 0.3) is 0 Å². The van der Waals surface area contributed by atoms with E-state index in [2.05, 4.69) is 54.2 Å². The summed E-state index contributed by atoms with van der Waals surface area (Å²) < 4.78 is 0. The van der Waals surface area contributed by atoms with E-state index in [-0.39, 0.29) is 0 Å². The van der Waals surface area contributed by atoms with Crippen molar-refractivity contribution in [3.05, 3.63) is 42.1 Å². The summed E-state index contributed by atoms with van der Waals surface area (Å²) >= 11 is 0. The van der Waals surface area contributed by atoms with Gasteiger partial charge in [-0.3, -0.25) is 0 Å². The average molecular weight is 340 g/mol. The highest BCUT2D eigenvalue weighted by Crippen LogP contribution is 2.36. The molecule has 1 heterocycles. The first-order valence-electron chi connectivity index (χ1n) is 10.3. The summed E-state index contributed by atoms with van der Waals surface area (Å²) in [5.41, 5.74) is 1.45. The third-order valence-electron chi connectivity index (χ3n) is 5.27. The number of rotatable bonds is 13. The predicted molar refractivity (Wildman–Crippen MR) is 110 cm³/mol. The molecule has 2 heteroatoms. The van der Waals surface area contributed by atoms with Crippen molar-refractivity contribution in [2.75, 3.05) is 0 Å². The third-order valence-corrected chi connectivity index (χ3v) is 5.27. The Balaban J connectivity index is 2.06. The van der Waals surface area contributed by atoms with E-state index in [9.17, 15) is 0 Å². The first-order chi connectivity index (χ1) is 12.3. The van der Waals surface area contributed by atoms with Crippen LogP contribution in [-0.4, -0.2) is 12.4 Å². The van der Waals surface area contributed by atoms with Gasteiger partial charge < -0.3 is 0 Å². The number of hydrogen-bond donors (Lipinski definition) is 0. The highest BCUT2D eigenvalue weighted by molar-refractivity contribution is 6.18. The lowest BCUT2D eigenvalue weighted by atomic mass is 9.78. The molecule has 0 saturated heterocycles. The molecule has 2 rings (SSSR count). The molecule has 1 aliphatic heterocycles. The van der Waals surface area contributed by atoms with Crippen LogP contribution < -0.4 is 0 Å². The van der Waals surface area contributed by atoms with Gasteiger partial charge in [-0.2, -0.15) is 0 Å². The van der Waals surface area contributed by atoms with Crippen LogP contribution in [0.4, 0.5) is 0 Å². The highest BCUT2D eigenvalue weighted by Gasteiger charge is 2.35. The second-order valence-electron chi connectivity index (χ2n) is 7.32. The molecule has 0 fully saturated rings. The van der Waals surface area contributed by atoms with Gasteiger partial charge in [-0.25, -0.2) is 0 Å². The van der Waals surface area contributed by atoms with E-state index < -0.39 is 0 Å². The van der Waals surface area contributed by atoms with Crippen LogP contribution in [0.1, 0.15) is 77.2 Å². The van der Waals surface area contributed by atoms with Crippen molar-refractivity contribution in [3.63, 3.8) is 0 Å². The number of benzene rings is 1. The van der Waals surface area contributed by atoms with E-state index in [0.717, 1.165) is 12.6 Å². The van der Waals surface area contributed by atoms with Gasteiger partial charge in [0.1, 0.15) is 0 Å². The van der Waals surface area contributed by atoms with Gasteiger partial charge in [0, 0.05) is 0 Å². The van der Waals surface area contributed by atoms with Crippen LogP contribution in [0.15, 0.2) is 40.3 Å². The molecule has 2 unspecified atom stereocenters. The standard InChI is InChI=1S/C23H35N2/c1-3-5-7-12-15-21(19-20-13-10-8-11-14-20)22(16-9-6-4-2)23-24-17-18-25-23/h8,10-11,13-14,17-18,21-22H,3-7,9,12,15-16,19H2,1-2H3/q+1. The molecular weight excluding hydrogens is 304 g/mol. The second-order valence-corrected chi connectivity index (χ2v) is 7.32. The molecular formula is C23H35N2+. The molecule has 1 aromatic rings. The zero-order chi connectivity index (χ0) is 17.7. The molecule has 0 saturated carbocycles. The van der Waals surface area contributed by atoms with E-state index in [1.165, 1.54) is 63.4 Å². The Kier molecular flexibility index (Phi) is 9.40. The molecule has 25 heavy (non-hydrogen) atoms. The second kappa shape index (κ2) is 11.9. The van der Waals surface area contributed by atoms with Crippen LogP contribution in [-0.2, 0) is 6.42 Å². The maximum absolute atomic E-state index is 4.59. The van der Waals surface area contributed by atoms with Crippen molar-refractivity contribution >= 4 is 12.4 Å². The Morgan fingerprint density at radius 2 is 1.44 bits per heavy atom. The molecule has 1 aromatic carbocycles. The molecule has 0 amide bonds. The van der Waals surface area contributed by atoms with Gasteiger partial charge in [-0.15, -0.1) is 0 Å². The van der Waals surface area contributed by atoms with Crippen LogP contribution in [0.2, 0.25) is 0 Å². The maximum Gasteiger partial charge on any atom is 0.244 e. The SMILES string of the molecule is CCCCCCC(Cc1ccccc1)C(CCCCC)[C+]1N=CC=N1. The van der Waals surface area contributed by atoms with E-state index in [4.69, 9.17) is 0 Å². The molecule has 0 N–H and O–H groups in total. The lowest BCUT2D eigenvalue weighted by molar-refractivity contribution is 0.285. The smallest absolute Gasteiger partial charge is 0.0965 e. The van der Waals surface area contributed by atoms with Gasteiger partial charge in [0.2, 0.25) is 6.17 Å². The molecule has 0 bridgehead atoms. The van der Waals surface area contributed by atoms with Crippen molar-refractivity contribution in [1.29, 1.82) is 0 Å². The van der Waals surface area contributed by atoms with Crippen LogP contribution in [0, 0.1) is 18.0 Å². The fraction of sp³-hybridized carbons (Fsp3) is 0.609. The molecule has 0 aliphatic carbocycles. The third kappa shape index (κ3) is 7.05. The fourth-order valence-corrected chi connectivity index (χ4v) is 3.83. The topological polar surface area (TPSA) is 24.7 Å². The molecule has 1 aliphatic rings. The van der Waals surface area contributed by atoms with Gasteiger partial charge in [-0.05, 0) is 30.7 Å². The van der Waals surface area contributed by atoms with Crippen LogP contribution in [0.25, 0.3) is 0 Å². The van der Waals surface area contributed by atoms with Gasteiger partial charge in [-0.1, -0.05) is 99.1 Å². The Morgan fingerprint density at radius 3 is 2.12 bits per heavy atom. The number of unbranched alkanes of at least 4 members (excludes halogenated alkanes) is 5. The molecule has 0 radical (unpaired) electrons. The lowest BCUT2D eigenvalue weighted by Gasteiger charge is -2.26. The van der Waals surface area contributed by atoms with Crippen LogP contribution in [0.3, 0.4) is 0 Å². The van der Waals surface area contributed by atoms with Crippen molar-refractivity contribution in [2.45, 2.75) is 78.1 Å². The summed E-state index contributed by atoms with van der Waals surface area (Å²) in [7, 11) is 0. The summed E-state index contributed by atoms with van der Waals surface area (Å²) in [4.78, 5) is 9.18. The molecule has 0 aromatic heterocycles. The number of aliphatic imine (C=N–C) groups is 2. The minimum atomic E-state index is 0.503.